The summed E-state index contributed by atoms with van der Waals surface area (Å²) in [5.41, 5.74) is 5.61. The highest BCUT2D eigenvalue weighted by Crippen LogP contribution is 2.25. The minimum absolute atomic E-state index is 0.0898. The van der Waals surface area contributed by atoms with Crippen LogP contribution in [0.2, 0.25) is 0 Å². The predicted octanol–water partition coefficient (Wildman–Crippen LogP) is 0.437. The van der Waals surface area contributed by atoms with Crippen LogP contribution in [-0.4, -0.2) is 67.2 Å². The maximum absolute atomic E-state index is 12.4. The van der Waals surface area contributed by atoms with Gasteiger partial charge in [0.15, 0.2) is 0 Å². The van der Waals surface area contributed by atoms with Crippen molar-refractivity contribution < 1.29 is 9.53 Å². The van der Waals surface area contributed by atoms with Crippen molar-refractivity contribution in [2.75, 3.05) is 39.3 Å². The third-order valence-electron chi connectivity index (χ3n) is 4.96. The molecule has 0 radical (unpaired) electrons. The summed E-state index contributed by atoms with van der Waals surface area (Å²) in [6.45, 7) is 6.01. The first-order chi connectivity index (χ1) is 9.76. The highest BCUT2D eigenvalue weighted by atomic mass is 16.5. The van der Waals surface area contributed by atoms with E-state index in [2.05, 4.69) is 4.90 Å². The molecular weight excluding hydrogens is 254 g/mol. The number of ether oxygens (including phenoxy) is 1. The summed E-state index contributed by atoms with van der Waals surface area (Å²) in [5, 5.41) is 0. The van der Waals surface area contributed by atoms with Crippen LogP contribution in [0, 0.1) is 5.92 Å². The lowest BCUT2D eigenvalue weighted by Gasteiger charge is -2.22. The molecule has 114 valence electrons. The van der Waals surface area contributed by atoms with Crippen LogP contribution in [0.25, 0.3) is 0 Å². The van der Waals surface area contributed by atoms with Crippen molar-refractivity contribution >= 4 is 5.91 Å². The van der Waals surface area contributed by atoms with E-state index in [0.29, 0.717) is 12.5 Å². The van der Waals surface area contributed by atoms with E-state index in [9.17, 15) is 4.79 Å². The molecule has 3 aliphatic heterocycles. The summed E-state index contributed by atoms with van der Waals surface area (Å²) in [4.78, 5) is 17.0. The average molecular weight is 281 g/mol. The van der Waals surface area contributed by atoms with Gasteiger partial charge in [0.25, 0.3) is 5.91 Å². The summed E-state index contributed by atoms with van der Waals surface area (Å²) in [6, 6.07) is 0. The molecule has 3 aliphatic rings. The molecule has 0 spiro atoms. The first-order valence-electron chi connectivity index (χ1n) is 8.13. The SMILES string of the molecule is NC[C@H]1CC[C@@H](C(=O)N2CCC(CN3CCCC3)C2)O1. The fourth-order valence-corrected chi connectivity index (χ4v) is 3.78. The molecule has 1 amide bonds. The van der Waals surface area contributed by atoms with E-state index < -0.39 is 0 Å². The zero-order chi connectivity index (χ0) is 13.9. The number of likely N-dealkylation sites (tertiary alicyclic amines) is 2. The molecule has 0 saturated carbocycles. The molecule has 3 saturated heterocycles. The summed E-state index contributed by atoms with van der Waals surface area (Å²) < 4.78 is 5.73. The Balaban J connectivity index is 1.45. The second-order valence-corrected chi connectivity index (χ2v) is 6.51. The van der Waals surface area contributed by atoms with Crippen LogP contribution in [0.15, 0.2) is 0 Å². The van der Waals surface area contributed by atoms with Gasteiger partial charge in [0.05, 0.1) is 6.10 Å². The van der Waals surface area contributed by atoms with Gasteiger partial charge in [0.2, 0.25) is 0 Å². The Labute approximate surface area is 121 Å². The van der Waals surface area contributed by atoms with E-state index in [1.165, 1.54) is 32.5 Å². The van der Waals surface area contributed by atoms with Gasteiger partial charge in [-0.05, 0) is 51.1 Å². The molecule has 2 N–H and O–H groups in total. The molecule has 20 heavy (non-hydrogen) atoms. The Bertz CT molecular complexity index is 344. The number of carbonyl (C=O) groups is 1. The van der Waals surface area contributed by atoms with Crippen LogP contribution in [0.5, 0.6) is 0 Å². The van der Waals surface area contributed by atoms with Gasteiger partial charge < -0.3 is 20.3 Å². The minimum atomic E-state index is -0.228. The van der Waals surface area contributed by atoms with Gasteiger partial charge in [-0.3, -0.25) is 4.79 Å². The topological polar surface area (TPSA) is 58.8 Å². The van der Waals surface area contributed by atoms with Gasteiger partial charge in [0, 0.05) is 26.2 Å². The molecule has 3 fully saturated rings. The van der Waals surface area contributed by atoms with Crippen LogP contribution in [0.4, 0.5) is 0 Å². The third-order valence-corrected chi connectivity index (χ3v) is 4.96. The summed E-state index contributed by atoms with van der Waals surface area (Å²) >= 11 is 0. The Morgan fingerprint density at radius 3 is 2.65 bits per heavy atom. The molecule has 5 nitrogen and oxygen atoms in total. The summed E-state index contributed by atoms with van der Waals surface area (Å²) in [6.07, 6.45) is 5.46. The molecule has 1 unspecified atom stereocenters. The van der Waals surface area contributed by atoms with E-state index in [4.69, 9.17) is 10.5 Å². The van der Waals surface area contributed by atoms with Crippen molar-refractivity contribution in [1.29, 1.82) is 0 Å². The predicted molar refractivity (Wildman–Crippen MR) is 77.3 cm³/mol. The zero-order valence-corrected chi connectivity index (χ0v) is 12.3. The molecule has 5 heteroatoms. The van der Waals surface area contributed by atoms with Gasteiger partial charge in [-0.2, -0.15) is 0 Å². The molecule has 0 aliphatic carbocycles. The smallest absolute Gasteiger partial charge is 0.251 e. The number of hydrogen-bond donors (Lipinski definition) is 1. The van der Waals surface area contributed by atoms with Crippen molar-refractivity contribution in [3.8, 4) is 0 Å². The van der Waals surface area contributed by atoms with Crippen molar-refractivity contribution in [2.24, 2.45) is 11.7 Å². The van der Waals surface area contributed by atoms with Crippen molar-refractivity contribution in [2.45, 2.75) is 44.3 Å². The van der Waals surface area contributed by atoms with Gasteiger partial charge in [-0.15, -0.1) is 0 Å². The fraction of sp³-hybridized carbons (Fsp3) is 0.933. The molecule has 3 heterocycles. The van der Waals surface area contributed by atoms with E-state index >= 15 is 0 Å². The lowest BCUT2D eigenvalue weighted by molar-refractivity contribution is -0.141. The van der Waals surface area contributed by atoms with Crippen LogP contribution >= 0.6 is 0 Å². The maximum Gasteiger partial charge on any atom is 0.251 e. The Morgan fingerprint density at radius 1 is 1.15 bits per heavy atom. The number of amides is 1. The van der Waals surface area contributed by atoms with Gasteiger partial charge in [0.1, 0.15) is 6.10 Å². The maximum atomic E-state index is 12.4. The molecule has 0 aromatic carbocycles. The van der Waals surface area contributed by atoms with Crippen LogP contribution in [0.1, 0.15) is 32.1 Å². The normalized spacial score (nSPS) is 35.0. The average Bonchev–Trinajstić information content (AvgIpc) is 3.20. The van der Waals surface area contributed by atoms with E-state index in [1.54, 1.807) is 0 Å². The Kier molecular flexibility index (Phi) is 4.58. The Morgan fingerprint density at radius 2 is 1.95 bits per heavy atom. The Hall–Kier alpha value is -0.650. The monoisotopic (exact) mass is 281 g/mol. The summed E-state index contributed by atoms with van der Waals surface area (Å²) in [5.74, 6) is 0.855. The fourth-order valence-electron chi connectivity index (χ4n) is 3.78. The number of carbonyl (C=O) groups excluding carboxylic acids is 1. The summed E-state index contributed by atoms with van der Waals surface area (Å²) in [7, 11) is 0. The number of hydrogen-bond acceptors (Lipinski definition) is 4. The van der Waals surface area contributed by atoms with Crippen molar-refractivity contribution in [3.05, 3.63) is 0 Å². The first kappa shape index (κ1) is 14.3. The number of nitrogens with two attached hydrogens (primary N) is 1. The van der Waals surface area contributed by atoms with Gasteiger partial charge in [-0.1, -0.05) is 0 Å². The highest BCUT2D eigenvalue weighted by molar-refractivity contribution is 5.81. The molecule has 3 rings (SSSR count). The second-order valence-electron chi connectivity index (χ2n) is 6.51. The van der Waals surface area contributed by atoms with E-state index in [1.807, 2.05) is 4.90 Å². The number of nitrogens with zero attached hydrogens (tertiary/aromatic N) is 2. The van der Waals surface area contributed by atoms with E-state index in [-0.39, 0.29) is 18.1 Å². The quantitative estimate of drug-likeness (QED) is 0.812. The molecule has 0 aromatic rings. The lowest BCUT2D eigenvalue weighted by atomic mass is 10.1. The molecule has 0 bridgehead atoms. The molecule has 0 aromatic heterocycles. The van der Waals surface area contributed by atoms with Crippen LogP contribution in [-0.2, 0) is 9.53 Å². The zero-order valence-electron chi connectivity index (χ0n) is 12.3. The number of rotatable bonds is 4. The van der Waals surface area contributed by atoms with Gasteiger partial charge >= 0.3 is 0 Å². The van der Waals surface area contributed by atoms with Crippen LogP contribution < -0.4 is 5.73 Å². The van der Waals surface area contributed by atoms with Crippen LogP contribution in [0.3, 0.4) is 0 Å². The van der Waals surface area contributed by atoms with E-state index in [0.717, 1.165) is 32.4 Å². The third kappa shape index (κ3) is 3.15. The minimum Gasteiger partial charge on any atom is -0.364 e. The van der Waals surface area contributed by atoms with Crippen molar-refractivity contribution in [1.82, 2.24) is 9.80 Å². The standard InChI is InChI=1S/C15H27N3O2/c16-9-13-3-4-14(20-13)15(19)18-8-5-12(11-18)10-17-6-1-2-7-17/h12-14H,1-11,16H2/t12?,13-,14+/m1/s1. The highest BCUT2D eigenvalue weighted by Gasteiger charge is 2.36. The first-order valence-corrected chi connectivity index (χ1v) is 8.13. The van der Waals surface area contributed by atoms with Crippen molar-refractivity contribution in [3.63, 3.8) is 0 Å². The second kappa shape index (κ2) is 6.41. The molecule has 3 atom stereocenters. The van der Waals surface area contributed by atoms with Gasteiger partial charge in [-0.25, -0.2) is 0 Å². The molecular formula is C15H27N3O2. The lowest BCUT2D eigenvalue weighted by Crippen LogP contribution is -2.39. The largest absolute Gasteiger partial charge is 0.364 e.